The van der Waals surface area contributed by atoms with Crippen molar-refractivity contribution in [1.29, 1.82) is 0 Å². The average Bonchev–Trinajstić information content (AvgIpc) is 2.75. The lowest BCUT2D eigenvalue weighted by molar-refractivity contribution is -0.163. The minimum atomic E-state index is 0.0470. The van der Waals surface area contributed by atoms with Crippen molar-refractivity contribution in [3.63, 3.8) is 0 Å². The van der Waals surface area contributed by atoms with E-state index in [9.17, 15) is 0 Å². The molecular formula is C24H38O4. The van der Waals surface area contributed by atoms with Crippen LogP contribution in [-0.2, 0) is 31.8 Å². The second-order valence-electron chi connectivity index (χ2n) is 8.07. The Kier molecular flexibility index (Phi) is 10.3. The van der Waals surface area contributed by atoms with Gasteiger partial charge in [-0.05, 0) is 88.2 Å². The van der Waals surface area contributed by atoms with E-state index >= 15 is 0 Å². The fraction of sp³-hybridized carbons (Fsp3) is 0.750. The van der Waals surface area contributed by atoms with Crippen molar-refractivity contribution in [1.82, 2.24) is 0 Å². The van der Waals surface area contributed by atoms with E-state index in [1.54, 1.807) is 0 Å². The normalized spacial score (nSPS) is 23.0. The SMILES string of the molecule is c1cc(CCCCOC2CCCCO2)cc(CCCCOC2CCCCO2)c1. The van der Waals surface area contributed by atoms with E-state index in [0.29, 0.717) is 0 Å². The standard InChI is InChI=1S/C24H38O4/c1(5-16-25-23-14-3-7-18-27-23)10-21-12-9-13-22(20-21)11-2-6-17-26-24-15-4-8-19-28-24/h9,12-13,20,23-24H,1-8,10-11,14-19H2. The molecule has 2 aliphatic heterocycles. The molecule has 2 unspecified atom stereocenters. The van der Waals surface area contributed by atoms with Crippen LogP contribution in [0.4, 0.5) is 0 Å². The highest BCUT2D eigenvalue weighted by atomic mass is 16.7. The van der Waals surface area contributed by atoms with Gasteiger partial charge in [-0.25, -0.2) is 0 Å². The van der Waals surface area contributed by atoms with Gasteiger partial charge in [-0.3, -0.25) is 0 Å². The van der Waals surface area contributed by atoms with Crippen LogP contribution in [0.5, 0.6) is 0 Å². The van der Waals surface area contributed by atoms with E-state index in [2.05, 4.69) is 24.3 Å². The summed E-state index contributed by atoms with van der Waals surface area (Å²) < 4.78 is 22.9. The van der Waals surface area contributed by atoms with Crippen LogP contribution in [0.15, 0.2) is 24.3 Å². The van der Waals surface area contributed by atoms with Gasteiger partial charge in [0.15, 0.2) is 12.6 Å². The maximum atomic E-state index is 5.82. The fourth-order valence-corrected chi connectivity index (χ4v) is 3.92. The fourth-order valence-electron chi connectivity index (χ4n) is 3.92. The second kappa shape index (κ2) is 13.3. The Labute approximate surface area is 170 Å². The van der Waals surface area contributed by atoms with Crippen molar-refractivity contribution in [2.75, 3.05) is 26.4 Å². The summed E-state index contributed by atoms with van der Waals surface area (Å²) in [6.07, 6.45) is 13.8. The van der Waals surface area contributed by atoms with Gasteiger partial charge in [-0.15, -0.1) is 0 Å². The van der Waals surface area contributed by atoms with E-state index in [1.165, 1.54) is 49.7 Å². The van der Waals surface area contributed by atoms with Crippen LogP contribution in [0, 0.1) is 0 Å². The average molecular weight is 391 g/mol. The van der Waals surface area contributed by atoms with E-state index in [0.717, 1.165) is 65.0 Å². The first kappa shape index (κ1) is 21.8. The molecule has 4 nitrogen and oxygen atoms in total. The molecule has 2 heterocycles. The molecule has 2 saturated heterocycles. The van der Waals surface area contributed by atoms with E-state index in [1.807, 2.05) is 0 Å². The molecule has 4 heteroatoms. The van der Waals surface area contributed by atoms with Crippen molar-refractivity contribution < 1.29 is 18.9 Å². The van der Waals surface area contributed by atoms with E-state index < -0.39 is 0 Å². The van der Waals surface area contributed by atoms with E-state index in [4.69, 9.17) is 18.9 Å². The first-order valence-electron chi connectivity index (χ1n) is 11.4. The maximum absolute atomic E-state index is 5.82. The summed E-state index contributed by atoms with van der Waals surface area (Å²) in [6, 6.07) is 9.07. The van der Waals surface area contributed by atoms with Gasteiger partial charge in [0.25, 0.3) is 0 Å². The van der Waals surface area contributed by atoms with Gasteiger partial charge in [0.05, 0.1) is 0 Å². The molecule has 0 spiro atoms. The Morgan fingerprint density at radius 1 is 0.714 bits per heavy atom. The molecule has 3 rings (SSSR count). The van der Waals surface area contributed by atoms with E-state index in [-0.39, 0.29) is 12.6 Å². The quantitative estimate of drug-likeness (QED) is 0.447. The number of benzene rings is 1. The zero-order valence-corrected chi connectivity index (χ0v) is 17.4. The second-order valence-corrected chi connectivity index (χ2v) is 8.07. The molecule has 0 aliphatic carbocycles. The van der Waals surface area contributed by atoms with Crippen molar-refractivity contribution in [2.45, 2.75) is 89.6 Å². The molecular weight excluding hydrogens is 352 g/mol. The highest BCUT2D eigenvalue weighted by Crippen LogP contribution is 2.16. The zero-order valence-electron chi connectivity index (χ0n) is 17.4. The summed E-state index contributed by atoms with van der Waals surface area (Å²) in [6.45, 7) is 3.35. The number of rotatable bonds is 12. The van der Waals surface area contributed by atoms with Crippen LogP contribution in [0.2, 0.25) is 0 Å². The van der Waals surface area contributed by atoms with Crippen molar-refractivity contribution in [2.24, 2.45) is 0 Å². The van der Waals surface area contributed by atoms with Gasteiger partial charge in [-0.2, -0.15) is 0 Å². The minimum absolute atomic E-state index is 0.0470. The Hall–Kier alpha value is -0.940. The van der Waals surface area contributed by atoms with Gasteiger partial charge in [-0.1, -0.05) is 24.3 Å². The van der Waals surface area contributed by atoms with Crippen LogP contribution in [-0.4, -0.2) is 39.0 Å². The van der Waals surface area contributed by atoms with Crippen LogP contribution >= 0.6 is 0 Å². The van der Waals surface area contributed by atoms with Gasteiger partial charge >= 0.3 is 0 Å². The summed E-state index contributed by atoms with van der Waals surface area (Å²) >= 11 is 0. The summed E-state index contributed by atoms with van der Waals surface area (Å²) in [5.41, 5.74) is 2.89. The molecule has 0 radical (unpaired) electrons. The maximum Gasteiger partial charge on any atom is 0.157 e. The molecule has 0 aromatic heterocycles. The van der Waals surface area contributed by atoms with Gasteiger partial charge < -0.3 is 18.9 Å². The predicted octanol–water partition coefficient (Wildman–Crippen LogP) is 5.42. The smallest absolute Gasteiger partial charge is 0.157 e. The van der Waals surface area contributed by atoms with Crippen molar-refractivity contribution in [3.8, 4) is 0 Å². The summed E-state index contributed by atoms with van der Waals surface area (Å²) in [4.78, 5) is 0. The van der Waals surface area contributed by atoms with Gasteiger partial charge in [0.2, 0.25) is 0 Å². The minimum Gasteiger partial charge on any atom is -0.353 e. The Morgan fingerprint density at radius 3 is 1.71 bits per heavy atom. The van der Waals surface area contributed by atoms with Crippen molar-refractivity contribution in [3.05, 3.63) is 35.4 Å². The molecule has 2 aliphatic rings. The molecule has 2 atom stereocenters. The molecule has 0 amide bonds. The summed E-state index contributed by atoms with van der Waals surface area (Å²) in [7, 11) is 0. The van der Waals surface area contributed by atoms with Crippen molar-refractivity contribution >= 4 is 0 Å². The van der Waals surface area contributed by atoms with Gasteiger partial charge in [0, 0.05) is 26.4 Å². The molecule has 1 aromatic carbocycles. The molecule has 28 heavy (non-hydrogen) atoms. The third kappa shape index (κ3) is 8.60. The van der Waals surface area contributed by atoms with Crippen LogP contribution in [0.3, 0.4) is 0 Å². The molecule has 1 aromatic rings. The lowest BCUT2D eigenvalue weighted by Gasteiger charge is -2.22. The third-order valence-corrected chi connectivity index (χ3v) is 5.59. The first-order chi connectivity index (χ1) is 13.9. The van der Waals surface area contributed by atoms with Crippen LogP contribution in [0.1, 0.15) is 75.3 Å². The molecule has 158 valence electrons. The number of unbranched alkanes of at least 4 members (excludes halogenated alkanes) is 2. The number of ether oxygens (including phenoxy) is 4. The van der Waals surface area contributed by atoms with Gasteiger partial charge in [0.1, 0.15) is 0 Å². The Bertz CT molecular complexity index is 478. The lowest BCUT2D eigenvalue weighted by atomic mass is 10.0. The topological polar surface area (TPSA) is 36.9 Å². The highest BCUT2D eigenvalue weighted by molar-refractivity contribution is 5.23. The molecule has 0 bridgehead atoms. The summed E-state index contributed by atoms with van der Waals surface area (Å²) in [5, 5.41) is 0. The Balaban J connectivity index is 1.23. The number of hydrogen-bond donors (Lipinski definition) is 0. The molecule has 0 saturated carbocycles. The number of hydrogen-bond acceptors (Lipinski definition) is 4. The number of aryl methyl sites for hydroxylation is 2. The predicted molar refractivity (Wildman–Crippen MR) is 111 cm³/mol. The largest absolute Gasteiger partial charge is 0.353 e. The molecule has 0 N–H and O–H groups in total. The molecule has 2 fully saturated rings. The van der Waals surface area contributed by atoms with Crippen LogP contribution in [0.25, 0.3) is 0 Å². The monoisotopic (exact) mass is 390 g/mol. The first-order valence-corrected chi connectivity index (χ1v) is 11.4. The third-order valence-electron chi connectivity index (χ3n) is 5.59. The zero-order chi connectivity index (χ0) is 19.3. The highest BCUT2D eigenvalue weighted by Gasteiger charge is 2.14. The summed E-state index contributed by atoms with van der Waals surface area (Å²) in [5.74, 6) is 0. The Morgan fingerprint density at radius 2 is 1.25 bits per heavy atom. The van der Waals surface area contributed by atoms with Crippen LogP contribution < -0.4 is 0 Å². The lowest BCUT2D eigenvalue weighted by Crippen LogP contribution is -2.22.